The number of ketones is 1. The molecular weight excluding hydrogens is 556 g/mol. The summed E-state index contributed by atoms with van der Waals surface area (Å²) in [6, 6.07) is 13.3. The zero-order valence-electron chi connectivity index (χ0n) is 23.7. The van der Waals surface area contributed by atoms with E-state index in [1.54, 1.807) is 36.4 Å². The molecule has 1 atom stereocenters. The molecule has 10 heteroatoms. The van der Waals surface area contributed by atoms with Crippen molar-refractivity contribution in [2.75, 3.05) is 31.3 Å². The molecule has 4 aromatic rings. The van der Waals surface area contributed by atoms with Gasteiger partial charge in [0.1, 0.15) is 19.0 Å². The first-order chi connectivity index (χ1) is 20.3. The van der Waals surface area contributed by atoms with Gasteiger partial charge in [0.05, 0.1) is 35.0 Å². The molecule has 0 bridgehead atoms. The van der Waals surface area contributed by atoms with E-state index in [-0.39, 0.29) is 11.3 Å². The smallest absolute Gasteiger partial charge is 0.301 e. The van der Waals surface area contributed by atoms with Crippen LogP contribution in [0.15, 0.2) is 54.1 Å². The molecule has 0 aliphatic carbocycles. The maximum absolute atomic E-state index is 13.8. The van der Waals surface area contributed by atoms with Gasteiger partial charge in [-0.25, -0.2) is 4.98 Å². The normalized spacial score (nSPS) is 17.6. The zero-order valence-corrected chi connectivity index (χ0v) is 24.5. The lowest BCUT2D eigenvalue weighted by Gasteiger charge is -2.24. The molecule has 0 unspecified atom stereocenters. The predicted molar refractivity (Wildman–Crippen MR) is 160 cm³/mol. The highest BCUT2D eigenvalue weighted by Crippen LogP contribution is 2.47. The van der Waals surface area contributed by atoms with E-state index in [4.69, 9.17) is 23.9 Å². The van der Waals surface area contributed by atoms with Gasteiger partial charge in [-0.3, -0.25) is 14.5 Å². The monoisotopic (exact) mass is 586 g/mol. The number of Topliss-reactive ketones (excluding diaryl/α,β-unsaturated/α-hetero) is 1. The van der Waals surface area contributed by atoms with E-state index in [0.717, 1.165) is 21.3 Å². The van der Waals surface area contributed by atoms with E-state index in [1.165, 1.54) is 16.2 Å². The highest BCUT2D eigenvalue weighted by atomic mass is 32.1. The van der Waals surface area contributed by atoms with Crippen LogP contribution >= 0.6 is 11.3 Å². The van der Waals surface area contributed by atoms with Gasteiger partial charge in [0, 0.05) is 5.56 Å². The fraction of sp³-hybridized carbons (Fsp3) is 0.281. The Morgan fingerprint density at radius 1 is 0.976 bits per heavy atom. The molecule has 1 aromatic heterocycles. The molecule has 0 spiro atoms. The lowest BCUT2D eigenvalue weighted by molar-refractivity contribution is -0.132. The number of aliphatic hydroxyl groups excluding tert-OH is 1. The molecule has 3 heterocycles. The second-order valence-corrected chi connectivity index (χ2v) is 11.0. The standard InChI is InChI=1S/C32H30N2O7S/c1-5-38-21-9-7-19(15-23(21)39-6-2)28-26(29(35)20-8-10-22-24(16-20)41-12-11-40-22)30(36)31(37)34(28)32-33-27-18(4)13-17(3)14-25(27)42-32/h7-10,13-16,28,35H,5-6,11-12H2,1-4H3/t28-/m1/s1. The number of carbonyl (C=O) groups is 2. The fourth-order valence-corrected chi connectivity index (χ4v) is 6.56. The summed E-state index contributed by atoms with van der Waals surface area (Å²) in [7, 11) is 0. The molecule has 1 N–H and O–H groups in total. The SMILES string of the molecule is CCOc1ccc([C@@H]2C(=C(O)c3ccc4c(c3)OCCO4)C(=O)C(=O)N2c2nc3c(C)cc(C)cc3s2)cc1OCC. The Hall–Kier alpha value is -4.57. The average molecular weight is 587 g/mol. The predicted octanol–water partition coefficient (Wildman–Crippen LogP) is 6.11. The van der Waals surface area contributed by atoms with Gasteiger partial charge in [0.25, 0.3) is 5.78 Å². The van der Waals surface area contributed by atoms with Crippen LogP contribution in [0.1, 0.15) is 42.1 Å². The quantitative estimate of drug-likeness (QED) is 0.157. The number of anilines is 1. The molecular formula is C32H30N2O7S. The highest BCUT2D eigenvalue weighted by molar-refractivity contribution is 7.22. The summed E-state index contributed by atoms with van der Waals surface area (Å²) in [5, 5.41) is 12.0. The van der Waals surface area contributed by atoms with Gasteiger partial charge < -0.3 is 24.1 Å². The summed E-state index contributed by atoms with van der Waals surface area (Å²) >= 11 is 1.33. The third-order valence-corrected chi connectivity index (χ3v) is 8.17. The van der Waals surface area contributed by atoms with E-state index in [2.05, 4.69) is 0 Å². The van der Waals surface area contributed by atoms with E-state index >= 15 is 0 Å². The van der Waals surface area contributed by atoms with Gasteiger partial charge in [-0.2, -0.15) is 0 Å². The van der Waals surface area contributed by atoms with E-state index < -0.39 is 17.7 Å². The molecule has 6 rings (SSSR count). The molecule has 0 radical (unpaired) electrons. The number of carbonyl (C=O) groups excluding carboxylic acids is 2. The second kappa shape index (κ2) is 11.0. The molecule has 2 aliphatic heterocycles. The minimum atomic E-state index is -0.977. The number of nitrogens with zero attached hydrogens (tertiary/aromatic N) is 2. The van der Waals surface area contributed by atoms with Crippen LogP contribution in [-0.4, -0.2) is 48.2 Å². The summed E-state index contributed by atoms with van der Waals surface area (Å²) in [6.07, 6.45) is 0. The zero-order chi connectivity index (χ0) is 29.5. The summed E-state index contributed by atoms with van der Waals surface area (Å²) in [5.41, 5.74) is 3.63. The van der Waals surface area contributed by atoms with Crippen molar-refractivity contribution in [2.45, 2.75) is 33.7 Å². The van der Waals surface area contributed by atoms with Crippen LogP contribution in [0.3, 0.4) is 0 Å². The Kier molecular flexibility index (Phi) is 7.24. The van der Waals surface area contributed by atoms with Crippen LogP contribution in [0.5, 0.6) is 23.0 Å². The molecule has 1 fully saturated rings. The lowest BCUT2D eigenvalue weighted by Crippen LogP contribution is -2.29. The van der Waals surface area contributed by atoms with Gasteiger partial charge in [-0.05, 0) is 80.8 Å². The maximum Gasteiger partial charge on any atom is 0.301 e. The molecule has 9 nitrogen and oxygen atoms in total. The van der Waals surface area contributed by atoms with E-state index in [1.807, 2.05) is 39.8 Å². The average Bonchev–Trinajstić information content (AvgIpc) is 3.52. The Balaban J connectivity index is 1.56. The number of ether oxygens (including phenoxy) is 4. The molecule has 1 saturated heterocycles. The molecule has 3 aromatic carbocycles. The van der Waals surface area contributed by atoms with Crippen molar-refractivity contribution < 1.29 is 33.6 Å². The number of amides is 1. The Bertz CT molecular complexity index is 1760. The first kappa shape index (κ1) is 27.6. The molecule has 216 valence electrons. The van der Waals surface area contributed by atoms with Gasteiger partial charge in [0.15, 0.2) is 28.1 Å². The van der Waals surface area contributed by atoms with Crippen molar-refractivity contribution in [1.29, 1.82) is 0 Å². The minimum Gasteiger partial charge on any atom is -0.507 e. The Morgan fingerprint density at radius 3 is 2.48 bits per heavy atom. The van der Waals surface area contributed by atoms with Crippen molar-refractivity contribution in [3.63, 3.8) is 0 Å². The number of aliphatic hydroxyl groups is 1. The number of fused-ring (bicyclic) bond motifs is 2. The van der Waals surface area contributed by atoms with Crippen LogP contribution in [0.25, 0.3) is 16.0 Å². The molecule has 0 saturated carbocycles. The number of hydrogen-bond acceptors (Lipinski definition) is 9. The van der Waals surface area contributed by atoms with Crippen LogP contribution in [0.2, 0.25) is 0 Å². The number of benzene rings is 3. The van der Waals surface area contributed by atoms with Crippen molar-refractivity contribution in [3.05, 3.63) is 76.4 Å². The third-order valence-electron chi connectivity index (χ3n) is 7.17. The maximum atomic E-state index is 13.8. The number of hydrogen-bond donors (Lipinski definition) is 1. The first-order valence-corrected chi connectivity index (χ1v) is 14.6. The summed E-state index contributed by atoms with van der Waals surface area (Å²) < 4.78 is 23.8. The molecule has 1 amide bonds. The van der Waals surface area contributed by atoms with Crippen molar-refractivity contribution in [3.8, 4) is 23.0 Å². The Morgan fingerprint density at radius 2 is 1.71 bits per heavy atom. The largest absolute Gasteiger partial charge is 0.507 e. The van der Waals surface area contributed by atoms with Gasteiger partial charge in [-0.15, -0.1) is 0 Å². The number of thiazole rings is 1. The number of rotatable bonds is 7. The van der Waals surface area contributed by atoms with E-state index in [0.29, 0.717) is 65.7 Å². The van der Waals surface area contributed by atoms with Crippen LogP contribution in [0, 0.1) is 13.8 Å². The number of aryl methyl sites for hydroxylation is 2. The Labute approximate surface area is 246 Å². The van der Waals surface area contributed by atoms with Crippen molar-refractivity contribution in [2.24, 2.45) is 0 Å². The minimum absolute atomic E-state index is 0.0598. The molecule has 42 heavy (non-hydrogen) atoms. The van der Waals surface area contributed by atoms with Crippen LogP contribution < -0.4 is 23.8 Å². The topological polar surface area (TPSA) is 107 Å². The van der Waals surface area contributed by atoms with Gasteiger partial charge in [0.2, 0.25) is 0 Å². The van der Waals surface area contributed by atoms with Gasteiger partial charge in [-0.1, -0.05) is 23.5 Å². The third kappa shape index (κ3) is 4.71. The van der Waals surface area contributed by atoms with Crippen LogP contribution in [-0.2, 0) is 9.59 Å². The van der Waals surface area contributed by atoms with Crippen LogP contribution in [0.4, 0.5) is 5.13 Å². The second-order valence-electron chi connectivity index (χ2n) is 10.0. The lowest BCUT2D eigenvalue weighted by atomic mass is 9.95. The molecule has 2 aliphatic rings. The van der Waals surface area contributed by atoms with Crippen molar-refractivity contribution >= 4 is 44.1 Å². The highest BCUT2D eigenvalue weighted by Gasteiger charge is 2.48. The van der Waals surface area contributed by atoms with E-state index in [9.17, 15) is 14.7 Å². The summed E-state index contributed by atoms with van der Waals surface area (Å²) in [6.45, 7) is 9.32. The first-order valence-electron chi connectivity index (χ1n) is 13.8. The number of aromatic nitrogens is 1. The summed E-state index contributed by atoms with van der Waals surface area (Å²) in [4.78, 5) is 33.7. The van der Waals surface area contributed by atoms with Gasteiger partial charge >= 0.3 is 5.91 Å². The fourth-order valence-electron chi connectivity index (χ4n) is 5.39. The summed E-state index contributed by atoms with van der Waals surface area (Å²) in [5.74, 6) is 0.0923. The van der Waals surface area contributed by atoms with Crippen molar-refractivity contribution in [1.82, 2.24) is 4.98 Å².